The Bertz CT molecular complexity index is 974. The van der Waals surface area contributed by atoms with Gasteiger partial charge in [0.05, 0.1) is 16.7 Å². The minimum atomic E-state index is 0.903. The molecule has 2 heterocycles. The Balaban J connectivity index is 2.23. The lowest BCUT2D eigenvalue weighted by molar-refractivity contribution is 0.947. The van der Waals surface area contributed by atoms with E-state index >= 15 is 0 Å². The molecule has 0 aliphatic heterocycles. The summed E-state index contributed by atoms with van der Waals surface area (Å²) in [4.78, 5) is 4.80. The molecule has 1 aliphatic rings. The van der Waals surface area contributed by atoms with Crippen LogP contribution in [0.4, 0.5) is 5.69 Å². The summed E-state index contributed by atoms with van der Waals surface area (Å²) in [5, 5.41) is 4.53. The summed E-state index contributed by atoms with van der Waals surface area (Å²) in [5.41, 5.74) is 5.82. The molecule has 0 radical (unpaired) electrons. The highest BCUT2D eigenvalue weighted by molar-refractivity contribution is 6.04. The van der Waals surface area contributed by atoms with Gasteiger partial charge in [-0.25, -0.2) is 4.98 Å². The van der Waals surface area contributed by atoms with Gasteiger partial charge in [-0.15, -0.1) is 0 Å². The van der Waals surface area contributed by atoms with Crippen LogP contribution >= 0.6 is 0 Å². The first-order valence-corrected chi connectivity index (χ1v) is 7.93. The van der Waals surface area contributed by atoms with Gasteiger partial charge in [-0.3, -0.25) is 4.40 Å². The van der Waals surface area contributed by atoms with E-state index in [4.69, 9.17) is 4.98 Å². The molecule has 0 unspecified atom stereocenters. The molecule has 1 aliphatic carbocycles. The zero-order valence-corrected chi connectivity index (χ0v) is 13.2. The van der Waals surface area contributed by atoms with Crippen LogP contribution in [0.25, 0.3) is 22.5 Å². The molecule has 3 heteroatoms. The molecule has 0 amide bonds. The fourth-order valence-corrected chi connectivity index (χ4v) is 3.43. The van der Waals surface area contributed by atoms with Crippen molar-refractivity contribution in [2.45, 2.75) is 19.8 Å². The second kappa shape index (κ2) is 5.43. The lowest BCUT2D eigenvalue weighted by Crippen LogP contribution is -2.01. The van der Waals surface area contributed by atoms with E-state index in [0.717, 1.165) is 35.3 Å². The number of aryl methyl sites for hydroxylation is 1. The number of para-hydroxylation sites is 1. The van der Waals surface area contributed by atoms with Crippen LogP contribution < -0.4 is 5.32 Å². The Hall–Kier alpha value is -2.81. The number of nitrogens with one attached hydrogen (secondary N) is 1. The second-order valence-corrected chi connectivity index (χ2v) is 5.76. The predicted molar refractivity (Wildman–Crippen MR) is 97.7 cm³/mol. The smallest absolute Gasteiger partial charge is 0.111 e. The van der Waals surface area contributed by atoms with E-state index in [1.807, 2.05) is 6.07 Å². The van der Waals surface area contributed by atoms with Crippen molar-refractivity contribution < 1.29 is 0 Å². The van der Waals surface area contributed by atoms with Crippen molar-refractivity contribution in [3.05, 3.63) is 72.4 Å². The Labute approximate surface area is 135 Å². The molecule has 4 rings (SSSR count). The highest BCUT2D eigenvalue weighted by atomic mass is 15.0. The number of benzene rings is 1. The fraction of sp³-hybridized carbons (Fsp3) is 0.150. The van der Waals surface area contributed by atoms with Gasteiger partial charge in [0.1, 0.15) is 5.82 Å². The van der Waals surface area contributed by atoms with Gasteiger partial charge in [-0.05, 0) is 25.6 Å². The summed E-state index contributed by atoms with van der Waals surface area (Å²) < 4.78 is 2.28. The first-order valence-electron chi connectivity index (χ1n) is 7.93. The molecule has 3 aromatic rings. The molecule has 2 aromatic heterocycles. The van der Waals surface area contributed by atoms with E-state index in [1.165, 1.54) is 16.8 Å². The average Bonchev–Trinajstić information content (AvgIpc) is 2.82. The monoisotopic (exact) mass is 301 g/mol. The van der Waals surface area contributed by atoms with Crippen molar-refractivity contribution in [3.63, 3.8) is 0 Å². The van der Waals surface area contributed by atoms with Crippen molar-refractivity contribution >= 4 is 28.2 Å². The van der Waals surface area contributed by atoms with Gasteiger partial charge in [0.2, 0.25) is 0 Å². The normalized spacial score (nSPS) is 15.2. The van der Waals surface area contributed by atoms with Crippen molar-refractivity contribution in [2.24, 2.45) is 0 Å². The van der Waals surface area contributed by atoms with E-state index < -0.39 is 0 Å². The van der Waals surface area contributed by atoms with Crippen LogP contribution in [-0.4, -0.2) is 9.38 Å². The molecule has 23 heavy (non-hydrogen) atoms. The van der Waals surface area contributed by atoms with Crippen LogP contribution in [0.5, 0.6) is 0 Å². The lowest BCUT2D eigenvalue weighted by atomic mass is 10.1. The van der Waals surface area contributed by atoms with E-state index in [-0.39, 0.29) is 0 Å². The Kier molecular flexibility index (Phi) is 3.27. The van der Waals surface area contributed by atoms with E-state index in [0.29, 0.717) is 0 Å². The first-order chi connectivity index (χ1) is 11.3. The molecule has 0 spiro atoms. The zero-order valence-electron chi connectivity index (χ0n) is 13.2. The molecule has 114 valence electrons. The minimum absolute atomic E-state index is 0.903. The van der Waals surface area contributed by atoms with E-state index in [9.17, 15) is 0 Å². The summed E-state index contributed by atoms with van der Waals surface area (Å²) in [6, 6.07) is 8.31. The van der Waals surface area contributed by atoms with Gasteiger partial charge in [0, 0.05) is 23.1 Å². The lowest BCUT2D eigenvalue weighted by Gasteiger charge is -2.09. The Morgan fingerprint density at radius 1 is 1.22 bits per heavy atom. The number of rotatable bonds is 2. The summed E-state index contributed by atoms with van der Waals surface area (Å²) in [6.07, 6.45) is 12.5. The Morgan fingerprint density at radius 3 is 2.96 bits per heavy atom. The molecule has 1 N–H and O–H groups in total. The molecular formula is C20H19N3. The van der Waals surface area contributed by atoms with Gasteiger partial charge in [-0.2, -0.15) is 0 Å². The molecule has 3 nitrogen and oxygen atoms in total. The van der Waals surface area contributed by atoms with Crippen LogP contribution in [-0.2, 0) is 6.42 Å². The third-order valence-electron chi connectivity index (χ3n) is 4.36. The summed E-state index contributed by atoms with van der Waals surface area (Å²) in [5.74, 6) is 1.01. The SMILES string of the molecule is C=CNc1c2c(n3c(C)nc4ccccc4c13)CC=CC/C=C\2. The van der Waals surface area contributed by atoms with Crippen molar-refractivity contribution in [3.8, 4) is 0 Å². The van der Waals surface area contributed by atoms with Crippen LogP contribution in [0, 0.1) is 6.92 Å². The fourth-order valence-electron chi connectivity index (χ4n) is 3.43. The summed E-state index contributed by atoms with van der Waals surface area (Å²) >= 11 is 0. The molecular weight excluding hydrogens is 282 g/mol. The molecule has 0 bridgehead atoms. The van der Waals surface area contributed by atoms with Gasteiger partial charge in [-0.1, -0.05) is 49.1 Å². The number of aromatic nitrogens is 2. The third-order valence-corrected chi connectivity index (χ3v) is 4.36. The minimum Gasteiger partial charge on any atom is -0.360 e. The predicted octanol–water partition coefficient (Wildman–Crippen LogP) is 4.87. The van der Waals surface area contributed by atoms with Crippen molar-refractivity contribution in [2.75, 3.05) is 5.32 Å². The summed E-state index contributed by atoms with van der Waals surface area (Å²) in [6.45, 7) is 5.93. The molecule has 0 atom stereocenters. The van der Waals surface area contributed by atoms with Crippen LogP contribution in [0.2, 0.25) is 0 Å². The quantitative estimate of drug-likeness (QED) is 0.684. The van der Waals surface area contributed by atoms with Crippen molar-refractivity contribution in [1.82, 2.24) is 9.38 Å². The van der Waals surface area contributed by atoms with Gasteiger partial charge < -0.3 is 5.32 Å². The topological polar surface area (TPSA) is 29.3 Å². The third kappa shape index (κ3) is 2.08. The molecule has 1 aromatic carbocycles. The number of nitrogens with zero attached hydrogens (tertiary/aromatic N) is 2. The number of allylic oxidation sites excluding steroid dienone is 3. The maximum atomic E-state index is 4.80. The number of anilines is 1. The number of hydrogen-bond donors (Lipinski definition) is 1. The highest BCUT2D eigenvalue weighted by Gasteiger charge is 2.19. The molecule has 0 saturated heterocycles. The first kappa shape index (κ1) is 13.8. The largest absolute Gasteiger partial charge is 0.360 e. The van der Waals surface area contributed by atoms with Gasteiger partial charge >= 0.3 is 0 Å². The highest BCUT2D eigenvalue weighted by Crippen LogP contribution is 2.36. The Morgan fingerprint density at radius 2 is 2.09 bits per heavy atom. The van der Waals surface area contributed by atoms with Gasteiger partial charge in [0.15, 0.2) is 0 Å². The van der Waals surface area contributed by atoms with Crippen LogP contribution in [0.1, 0.15) is 23.5 Å². The molecule has 0 saturated carbocycles. The van der Waals surface area contributed by atoms with Crippen LogP contribution in [0.3, 0.4) is 0 Å². The van der Waals surface area contributed by atoms with Crippen molar-refractivity contribution in [1.29, 1.82) is 0 Å². The zero-order chi connectivity index (χ0) is 15.8. The van der Waals surface area contributed by atoms with Gasteiger partial charge in [0.25, 0.3) is 0 Å². The van der Waals surface area contributed by atoms with E-state index in [1.54, 1.807) is 6.20 Å². The molecule has 0 fully saturated rings. The second-order valence-electron chi connectivity index (χ2n) is 5.76. The maximum absolute atomic E-state index is 4.80. The van der Waals surface area contributed by atoms with Crippen LogP contribution in [0.15, 0.2) is 55.3 Å². The van der Waals surface area contributed by atoms with E-state index in [2.05, 4.69) is 65.7 Å². The maximum Gasteiger partial charge on any atom is 0.111 e. The number of fused-ring (bicyclic) bond motifs is 5. The summed E-state index contributed by atoms with van der Waals surface area (Å²) in [7, 11) is 0. The number of hydrogen-bond acceptors (Lipinski definition) is 2. The average molecular weight is 301 g/mol. The standard InChI is InChI=1S/C20H19N3/c1-3-21-19-16-11-6-4-5-7-13-18(16)23-14(2)22-17-12-9-8-10-15(17)20(19)23/h3,5-12,21H,1,4,13H2,2H3/b7-5?,11-6-.